The second kappa shape index (κ2) is 8.09. The van der Waals surface area contributed by atoms with Gasteiger partial charge >= 0.3 is 6.36 Å². The van der Waals surface area contributed by atoms with E-state index < -0.39 is 67.7 Å². The highest BCUT2D eigenvalue weighted by atomic mass is 32.2. The summed E-state index contributed by atoms with van der Waals surface area (Å²) in [7, 11) is -4.83. The van der Waals surface area contributed by atoms with Crippen molar-refractivity contribution in [2.75, 3.05) is 0 Å². The summed E-state index contributed by atoms with van der Waals surface area (Å²) in [6.45, 7) is 1.29. The molecule has 0 saturated heterocycles. The maximum absolute atomic E-state index is 14.3. The number of nitrogens with two attached hydrogens (primary N) is 1. The van der Waals surface area contributed by atoms with E-state index in [-0.39, 0.29) is 11.1 Å². The van der Waals surface area contributed by atoms with E-state index in [2.05, 4.69) is 14.4 Å². The van der Waals surface area contributed by atoms with Crippen LogP contribution in [-0.2, 0) is 10.0 Å². The first-order valence-corrected chi connectivity index (χ1v) is 9.90. The molecule has 6 nitrogen and oxygen atoms in total. The number of benzene rings is 2. The van der Waals surface area contributed by atoms with Crippen LogP contribution >= 0.6 is 0 Å². The van der Waals surface area contributed by atoms with Gasteiger partial charge < -0.3 is 9.26 Å². The summed E-state index contributed by atoms with van der Waals surface area (Å²) < 4.78 is 125. The van der Waals surface area contributed by atoms with E-state index in [4.69, 9.17) is 5.14 Å². The Bertz CT molecular complexity index is 1260. The van der Waals surface area contributed by atoms with E-state index in [0.717, 1.165) is 6.07 Å². The third-order valence-electron chi connectivity index (χ3n) is 4.18. The molecule has 0 unspecified atom stereocenters. The molecule has 0 bridgehead atoms. The lowest BCUT2D eigenvalue weighted by atomic mass is 9.98. The molecule has 2 aromatic carbocycles. The van der Waals surface area contributed by atoms with E-state index in [1.165, 1.54) is 19.1 Å². The van der Waals surface area contributed by atoms with Crippen molar-refractivity contribution in [3.63, 3.8) is 0 Å². The van der Waals surface area contributed by atoms with E-state index in [0.29, 0.717) is 12.1 Å². The lowest BCUT2D eigenvalue weighted by Crippen LogP contribution is -2.17. The largest absolute Gasteiger partial charge is 0.573 e. The zero-order valence-corrected chi connectivity index (χ0v) is 16.5. The summed E-state index contributed by atoms with van der Waals surface area (Å²) in [6, 6.07) is 4.01. The molecule has 0 amide bonds. The van der Waals surface area contributed by atoms with Crippen LogP contribution in [-0.4, -0.2) is 19.9 Å². The molecule has 1 aromatic heterocycles. The minimum Gasteiger partial charge on any atom is -0.405 e. The fraction of sp³-hybridized carbons (Fsp3) is 0.167. The summed E-state index contributed by atoms with van der Waals surface area (Å²) in [5.74, 6) is -5.19. The zero-order valence-electron chi connectivity index (χ0n) is 15.7. The molecule has 2 N–H and O–H groups in total. The van der Waals surface area contributed by atoms with Gasteiger partial charge in [0.25, 0.3) is 6.43 Å². The minimum atomic E-state index is -5.06. The number of alkyl halides is 5. The van der Waals surface area contributed by atoms with E-state index in [1.54, 1.807) is 0 Å². The SMILES string of the molecule is Cc1ccc(-c2noc(C(F)F)c2-c2cc(F)c(S(N)(=O)=O)c(F)c2)cc1OC(F)(F)F. The summed E-state index contributed by atoms with van der Waals surface area (Å²) in [5.41, 5.74) is -1.94. The van der Waals surface area contributed by atoms with Crippen LogP contribution < -0.4 is 9.88 Å². The Morgan fingerprint density at radius 1 is 1.06 bits per heavy atom. The van der Waals surface area contributed by atoms with Crippen LogP contribution in [0.1, 0.15) is 17.7 Å². The average Bonchev–Trinajstić information content (AvgIpc) is 3.06. The normalized spacial score (nSPS) is 12.4. The molecule has 0 aliphatic heterocycles. The topological polar surface area (TPSA) is 95.4 Å². The predicted molar refractivity (Wildman–Crippen MR) is 95.0 cm³/mol. The lowest BCUT2D eigenvalue weighted by Gasteiger charge is -2.13. The number of hydrogen-bond donors (Lipinski definition) is 1. The molecular weight excluding hydrogens is 473 g/mol. The number of hydrogen-bond acceptors (Lipinski definition) is 5. The Labute approximate surface area is 175 Å². The van der Waals surface area contributed by atoms with Gasteiger partial charge in [-0.15, -0.1) is 13.2 Å². The van der Waals surface area contributed by atoms with Crippen molar-refractivity contribution < 1.29 is 48.4 Å². The Morgan fingerprint density at radius 3 is 2.16 bits per heavy atom. The number of sulfonamides is 1. The third-order valence-corrected chi connectivity index (χ3v) is 5.13. The molecule has 0 atom stereocenters. The summed E-state index contributed by atoms with van der Waals surface area (Å²) >= 11 is 0. The monoisotopic (exact) mass is 484 g/mol. The second-order valence-electron chi connectivity index (χ2n) is 6.41. The van der Waals surface area contributed by atoms with Crippen molar-refractivity contribution in [2.45, 2.75) is 24.6 Å². The van der Waals surface area contributed by atoms with Crippen molar-refractivity contribution in [2.24, 2.45) is 5.14 Å². The van der Waals surface area contributed by atoms with Gasteiger partial charge in [-0.2, -0.15) is 0 Å². The third kappa shape index (κ3) is 4.70. The van der Waals surface area contributed by atoms with Gasteiger partial charge in [0, 0.05) is 5.56 Å². The van der Waals surface area contributed by atoms with E-state index in [1.807, 2.05) is 0 Å². The fourth-order valence-electron chi connectivity index (χ4n) is 2.89. The number of aromatic nitrogens is 1. The van der Waals surface area contributed by atoms with Crippen molar-refractivity contribution in [1.82, 2.24) is 5.16 Å². The highest BCUT2D eigenvalue weighted by Gasteiger charge is 2.33. The second-order valence-corrected chi connectivity index (χ2v) is 7.91. The van der Waals surface area contributed by atoms with Gasteiger partial charge in [0.2, 0.25) is 15.8 Å². The Kier molecular flexibility index (Phi) is 5.95. The van der Waals surface area contributed by atoms with Gasteiger partial charge in [-0.1, -0.05) is 17.3 Å². The van der Waals surface area contributed by atoms with Crippen LogP contribution in [0.5, 0.6) is 5.75 Å². The van der Waals surface area contributed by atoms with Crippen LogP contribution in [0.15, 0.2) is 39.8 Å². The van der Waals surface area contributed by atoms with Gasteiger partial charge in [-0.25, -0.2) is 31.1 Å². The Balaban J connectivity index is 2.25. The van der Waals surface area contributed by atoms with Gasteiger partial charge in [0.15, 0.2) is 4.90 Å². The van der Waals surface area contributed by atoms with Crippen LogP contribution in [0.4, 0.5) is 30.7 Å². The molecule has 0 aliphatic rings. The zero-order chi connectivity index (χ0) is 24.0. The molecule has 0 fully saturated rings. The highest BCUT2D eigenvalue weighted by molar-refractivity contribution is 7.89. The van der Waals surface area contributed by atoms with E-state index >= 15 is 0 Å². The predicted octanol–water partition coefficient (Wildman–Crippen LogP) is 5.08. The molecule has 1 heterocycles. The number of primary sulfonamides is 1. The molecule has 32 heavy (non-hydrogen) atoms. The number of ether oxygens (including phenoxy) is 1. The summed E-state index contributed by atoms with van der Waals surface area (Å²) in [6.07, 6.45) is -8.40. The van der Waals surface area contributed by atoms with E-state index in [9.17, 15) is 39.2 Å². The number of rotatable bonds is 5. The lowest BCUT2D eigenvalue weighted by molar-refractivity contribution is -0.274. The Hall–Kier alpha value is -3.13. The van der Waals surface area contributed by atoms with Crippen LogP contribution in [0, 0.1) is 18.6 Å². The van der Waals surface area contributed by atoms with Crippen molar-refractivity contribution in [3.05, 3.63) is 53.3 Å². The van der Waals surface area contributed by atoms with Gasteiger partial charge in [-0.05, 0) is 36.2 Å². The standard InChI is InChI=1S/C18H11F7N2O4S/c1-7-2-3-8(6-12(7)30-18(23,24)25)14-13(15(17(21)22)31-27-14)9-4-10(19)16(11(20)5-9)32(26,28)29/h2-6,17H,1H3,(H2,26,28,29). The maximum atomic E-state index is 14.3. The highest BCUT2D eigenvalue weighted by Crippen LogP contribution is 2.41. The van der Waals surface area contributed by atoms with Gasteiger partial charge in [0.1, 0.15) is 23.1 Å². The molecule has 0 spiro atoms. The molecular formula is C18H11F7N2O4S. The molecule has 0 aliphatic carbocycles. The maximum Gasteiger partial charge on any atom is 0.573 e. The fourth-order valence-corrected chi connectivity index (χ4v) is 3.55. The number of nitrogens with zero attached hydrogens (tertiary/aromatic N) is 1. The smallest absolute Gasteiger partial charge is 0.405 e. The van der Waals surface area contributed by atoms with Gasteiger partial charge in [-0.3, -0.25) is 0 Å². The minimum absolute atomic E-state index is 0.0415. The van der Waals surface area contributed by atoms with Crippen LogP contribution in [0.25, 0.3) is 22.4 Å². The molecule has 172 valence electrons. The molecule has 3 aromatic rings. The Morgan fingerprint density at radius 2 is 1.66 bits per heavy atom. The number of halogens is 7. The molecule has 3 rings (SSSR count). The van der Waals surface area contributed by atoms with Crippen LogP contribution in [0.2, 0.25) is 0 Å². The first-order valence-electron chi connectivity index (χ1n) is 8.35. The molecule has 14 heteroatoms. The molecule has 0 saturated carbocycles. The quantitative estimate of drug-likeness (QED) is 0.510. The van der Waals surface area contributed by atoms with Crippen molar-refractivity contribution in [3.8, 4) is 28.1 Å². The number of aryl methyl sites for hydroxylation is 1. The summed E-state index contributed by atoms with van der Waals surface area (Å²) in [4.78, 5) is -1.49. The van der Waals surface area contributed by atoms with Gasteiger partial charge in [0.05, 0.1) is 5.56 Å². The van der Waals surface area contributed by atoms with Crippen molar-refractivity contribution >= 4 is 10.0 Å². The summed E-state index contributed by atoms with van der Waals surface area (Å²) in [5, 5.41) is 8.15. The van der Waals surface area contributed by atoms with Crippen LogP contribution in [0.3, 0.4) is 0 Å². The first kappa shape index (κ1) is 23.5. The van der Waals surface area contributed by atoms with Crippen molar-refractivity contribution in [1.29, 1.82) is 0 Å². The molecule has 0 radical (unpaired) electrons. The first-order chi connectivity index (χ1) is 14.7. The average molecular weight is 484 g/mol.